The maximum absolute atomic E-state index is 13.0. The average Bonchev–Trinajstić information content (AvgIpc) is 2.94. The van der Waals surface area contributed by atoms with Crippen molar-refractivity contribution in [1.29, 1.82) is 0 Å². The van der Waals surface area contributed by atoms with Gasteiger partial charge >= 0.3 is 0 Å². The summed E-state index contributed by atoms with van der Waals surface area (Å²) in [5.41, 5.74) is 4.11. The minimum absolute atomic E-state index is 0.00363. The number of aliphatic imine (C=N–C) groups is 1. The molecule has 1 aliphatic rings. The second-order valence-electron chi connectivity index (χ2n) is 6.83. The van der Waals surface area contributed by atoms with Crippen LogP contribution in [0.15, 0.2) is 52.4 Å². The molecule has 0 saturated carbocycles. The highest BCUT2D eigenvalue weighted by molar-refractivity contribution is 8.18. The van der Waals surface area contributed by atoms with E-state index in [-0.39, 0.29) is 11.9 Å². The number of rotatable bonds is 4. The van der Waals surface area contributed by atoms with E-state index in [0.29, 0.717) is 4.91 Å². The topological polar surface area (TPSA) is 41.9 Å². The van der Waals surface area contributed by atoms with Gasteiger partial charge in [0.15, 0.2) is 5.17 Å². The molecular weight excluding hydrogens is 356 g/mol. The minimum atomic E-state index is -0.00363. The first-order chi connectivity index (χ1) is 12.9. The summed E-state index contributed by atoms with van der Waals surface area (Å²) in [7, 11) is 1.65. The van der Waals surface area contributed by atoms with Gasteiger partial charge in [0.05, 0.1) is 17.7 Å². The predicted octanol–water partition coefficient (Wildman–Crippen LogP) is 5.32. The molecule has 140 valence electrons. The third kappa shape index (κ3) is 4.25. The summed E-state index contributed by atoms with van der Waals surface area (Å²) in [4.78, 5) is 20.1. The molecule has 0 atom stereocenters. The molecule has 1 saturated heterocycles. The molecule has 1 amide bonds. The molecule has 27 heavy (non-hydrogen) atoms. The number of amides is 1. The Labute approximate surface area is 164 Å². The summed E-state index contributed by atoms with van der Waals surface area (Å²) in [6.45, 7) is 8.07. The summed E-state index contributed by atoms with van der Waals surface area (Å²) in [6.07, 6.45) is 1.94. The third-order valence-corrected chi connectivity index (χ3v) is 5.36. The second-order valence-corrected chi connectivity index (χ2v) is 7.84. The Hall–Kier alpha value is -2.53. The number of carbonyl (C=O) groups is 1. The van der Waals surface area contributed by atoms with E-state index in [1.807, 2.05) is 76.2 Å². The van der Waals surface area contributed by atoms with Gasteiger partial charge in [0.2, 0.25) is 0 Å². The molecule has 5 heteroatoms. The van der Waals surface area contributed by atoms with Crippen LogP contribution in [0.4, 0.5) is 5.69 Å². The summed E-state index contributed by atoms with van der Waals surface area (Å²) in [5, 5.41) is 0.719. The smallest absolute Gasteiger partial charge is 0.266 e. The number of hydrogen-bond acceptors (Lipinski definition) is 4. The van der Waals surface area contributed by atoms with Gasteiger partial charge in [-0.15, -0.1) is 0 Å². The van der Waals surface area contributed by atoms with Gasteiger partial charge in [-0.3, -0.25) is 9.69 Å². The summed E-state index contributed by atoms with van der Waals surface area (Å²) >= 11 is 1.42. The zero-order valence-corrected chi connectivity index (χ0v) is 17.1. The zero-order valence-electron chi connectivity index (χ0n) is 16.3. The number of amidine groups is 1. The molecule has 0 bridgehead atoms. The van der Waals surface area contributed by atoms with E-state index < -0.39 is 0 Å². The van der Waals surface area contributed by atoms with E-state index in [1.54, 1.807) is 12.0 Å². The fraction of sp³-hybridized carbons (Fsp3) is 0.273. The highest BCUT2D eigenvalue weighted by atomic mass is 32.2. The number of thioether (sulfide) groups is 1. The molecule has 1 aliphatic heterocycles. The Morgan fingerprint density at radius 2 is 1.81 bits per heavy atom. The van der Waals surface area contributed by atoms with E-state index >= 15 is 0 Å². The van der Waals surface area contributed by atoms with Crippen molar-refractivity contribution in [2.75, 3.05) is 7.11 Å². The van der Waals surface area contributed by atoms with Crippen molar-refractivity contribution in [3.63, 3.8) is 0 Å². The maximum atomic E-state index is 13.0. The molecular formula is C22H24N2O2S. The van der Waals surface area contributed by atoms with Gasteiger partial charge < -0.3 is 4.74 Å². The summed E-state index contributed by atoms with van der Waals surface area (Å²) < 4.78 is 5.26. The molecule has 0 aromatic heterocycles. The van der Waals surface area contributed by atoms with Crippen molar-refractivity contribution in [2.45, 2.75) is 33.7 Å². The average molecular weight is 381 g/mol. The van der Waals surface area contributed by atoms with Gasteiger partial charge in [0.25, 0.3) is 5.91 Å². The van der Waals surface area contributed by atoms with Gasteiger partial charge in [-0.05, 0) is 80.9 Å². The van der Waals surface area contributed by atoms with Gasteiger partial charge in [-0.1, -0.05) is 23.8 Å². The lowest BCUT2D eigenvalue weighted by Gasteiger charge is -2.19. The highest BCUT2D eigenvalue weighted by Gasteiger charge is 2.35. The molecule has 0 unspecified atom stereocenters. The number of benzene rings is 2. The highest BCUT2D eigenvalue weighted by Crippen LogP contribution is 2.36. The van der Waals surface area contributed by atoms with Crippen LogP contribution in [0.1, 0.15) is 30.5 Å². The van der Waals surface area contributed by atoms with E-state index in [9.17, 15) is 4.79 Å². The van der Waals surface area contributed by atoms with Gasteiger partial charge in [0, 0.05) is 6.04 Å². The largest absolute Gasteiger partial charge is 0.497 e. The first-order valence-electron chi connectivity index (χ1n) is 8.92. The Kier molecular flexibility index (Phi) is 5.71. The Bertz CT molecular complexity index is 914. The molecule has 2 aromatic rings. The predicted molar refractivity (Wildman–Crippen MR) is 114 cm³/mol. The zero-order chi connectivity index (χ0) is 19.6. The maximum Gasteiger partial charge on any atom is 0.266 e. The van der Waals surface area contributed by atoms with Crippen molar-refractivity contribution >= 4 is 34.6 Å². The van der Waals surface area contributed by atoms with Crippen LogP contribution in [-0.4, -0.2) is 29.1 Å². The van der Waals surface area contributed by atoms with E-state index in [1.165, 1.54) is 17.3 Å². The Balaban J connectivity index is 1.96. The Morgan fingerprint density at radius 3 is 2.41 bits per heavy atom. The van der Waals surface area contributed by atoms with Crippen LogP contribution in [0.3, 0.4) is 0 Å². The van der Waals surface area contributed by atoms with Gasteiger partial charge in [-0.25, -0.2) is 4.99 Å². The molecule has 0 spiro atoms. The van der Waals surface area contributed by atoms with Gasteiger partial charge in [0.1, 0.15) is 5.75 Å². The SMILES string of the molecule is COc1ccc(/C=C2/SC(=Nc3ccc(C)cc3)N(C(C)C)C2=O)c(C)c1. The number of ether oxygens (including phenoxy) is 1. The quantitative estimate of drug-likeness (QED) is 0.674. The molecule has 0 N–H and O–H groups in total. The number of aryl methyl sites for hydroxylation is 2. The van der Waals surface area contributed by atoms with Crippen LogP contribution in [-0.2, 0) is 4.79 Å². The standard InChI is InChI=1S/C22H24N2O2S/c1-14(2)24-21(25)20(13-17-8-11-19(26-5)12-16(17)4)27-22(24)23-18-9-6-15(3)7-10-18/h6-14H,1-5H3/b20-13+,23-22?. The monoisotopic (exact) mass is 380 g/mol. The number of carbonyl (C=O) groups excluding carboxylic acids is 1. The molecule has 0 aliphatic carbocycles. The summed E-state index contributed by atoms with van der Waals surface area (Å²) in [6, 6.07) is 13.9. The molecule has 0 radical (unpaired) electrons. The van der Waals surface area contributed by atoms with E-state index in [4.69, 9.17) is 9.73 Å². The second kappa shape index (κ2) is 8.01. The lowest BCUT2D eigenvalue weighted by molar-refractivity contribution is -0.123. The molecule has 1 fully saturated rings. The van der Waals surface area contributed by atoms with Crippen LogP contribution in [0, 0.1) is 13.8 Å². The lowest BCUT2D eigenvalue weighted by Crippen LogP contribution is -2.35. The van der Waals surface area contributed by atoms with Crippen LogP contribution >= 0.6 is 11.8 Å². The third-order valence-electron chi connectivity index (χ3n) is 4.38. The van der Waals surface area contributed by atoms with Crippen molar-refractivity contribution in [2.24, 2.45) is 4.99 Å². The fourth-order valence-electron chi connectivity index (χ4n) is 2.83. The van der Waals surface area contributed by atoms with E-state index in [0.717, 1.165) is 27.7 Å². The first kappa shape index (κ1) is 19.2. The van der Waals surface area contributed by atoms with Crippen molar-refractivity contribution in [3.05, 3.63) is 64.1 Å². The minimum Gasteiger partial charge on any atom is -0.497 e. The van der Waals surface area contributed by atoms with Crippen LogP contribution in [0.5, 0.6) is 5.75 Å². The molecule has 1 heterocycles. The van der Waals surface area contributed by atoms with Crippen molar-refractivity contribution in [3.8, 4) is 5.75 Å². The molecule has 2 aromatic carbocycles. The van der Waals surface area contributed by atoms with E-state index in [2.05, 4.69) is 0 Å². The first-order valence-corrected chi connectivity index (χ1v) is 9.74. The van der Waals surface area contributed by atoms with Crippen LogP contribution in [0.25, 0.3) is 6.08 Å². The van der Waals surface area contributed by atoms with Crippen LogP contribution in [0.2, 0.25) is 0 Å². The number of nitrogens with zero attached hydrogens (tertiary/aromatic N) is 2. The normalized spacial score (nSPS) is 17.4. The number of hydrogen-bond donors (Lipinski definition) is 0. The Morgan fingerprint density at radius 1 is 1.11 bits per heavy atom. The summed E-state index contributed by atoms with van der Waals surface area (Å²) in [5.74, 6) is 0.807. The lowest BCUT2D eigenvalue weighted by atomic mass is 10.1. The molecule has 4 nitrogen and oxygen atoms in total. The van der Waals surface area contributed by atoms with Crippen LogP contribution < -0.4 is 4.74 Å². The fourth-order valence-corrected chi connectivity index (χ4v) is 3.94. The van der Waals surface area contributed by atoms with Crippen molar-refractivity contribution in [1.82, 2.24) is 4.90 Å². The van der Waals surface area contributed by atoms with Crippen molar-refractivity contribution < 1.29 is 9.53 Å². The molecule has 3 rings (SSSR count). The van der Waals surface area contributed by atoms with Gasteiger partial charge in [-0.2, -0.15) is 0 Å². The number of methoxy groups -OCH3 is 1.